The quantitative estimate of drug-likeness (QED) is 0.460. The Morgan fingerprint density at radius 1 is 1.03 bits per heavy atom. The van der Waals surface area contributed by atoms with Crippen LogP contribution in [0, 0.1) is 0 Å². The van der Waals surface area contributed by atoms with Gasteiger partial charge in [0.1, 0.15) is 16.5 Å². The molecule has 1 aliphatic rings. The molecule has 37 heavy (non-hydrogen) atoms. The first kappa shape index (κ1) is 26.2. The number of carboxylic acid groups (broad SMARTS) is 1. The van der Waals surface area contributed by atoms with Gasteiger partial charge in [-0.25, -0.2) is 4.79 Å². The van der Waals surface area contributed by atoms with E-state index in [1.165, 1.54) is 25.6 Å². The maximum absolute atomic E-state index is 13.4. The van der Waals surface area contributed by atoms with Gasteiger partial charge >= 0.3 is 5.97 Å². The van der Waals surface area contributed by atoms with Crippen molar-refractivity contribution in [2.45, 2.75) is 39.2 Å². The van der Waals surface area contributed by atoms with Gasteiger partial charge in [0.05, 0.1) is 31.9 Å². The largest absolute Gasteiger partial charge is 0.497 e. The molecule has 4 rings (SSSR count). The van der Waals surface area contributed by atoms with E-state index in [1.807, 2.05) is 12.1 Å². The fraction of sp³-hybridized carbons (Fsp3) is 0.321. The van der Waals surface area contributed by atoms with Crippen molar-refractivity contribution in [2.24, 2.45) is 0 Å². The van der Waals surface area contributed by atoms with Gasteiger partial charge in [0, 0.05) is 17.0 Å². The van der Waals surface area contributed by atoms with Crippen molar-refractivity contribution in [1.29, 1.82) is 0 Å². The third kappa shape index (κ3) is 5.32. The Morgan fingerprint density at radius 2 is 1.73 bits per heavy atom. The van der Waals surface area contributed by atoms with Crippen LogP contribution in [0.3, 0.4) is 0 Å². The van der Waals surface area contributed by atoms with Gasteiger partial charge in [-0.1, -0.05) is 32.9 Å². The molecule has 2 amide bonds. The van der Waals surface area contributed by atoms with E-state index in [2.05, 4.69) is 26.1 Å². The van der Waals surface area contributed by atoms with Gasteiger partial charge in [-0.3, -0.25) is 9.59 Å². The SMILES string of the molecule is COc1ccc(OC)c(C(=O)N2CCc3c(sc(NC(=O)c4ccc(C(C)(C)C)cc4)c3C(=O)O)C2)c1. The monoisotopic (exact) mass is 522 g/mol. The predicted molar refractivity (Wildman–Crippen MR) is 142 cm³/mol. The number of rotatable bonds is 6. The molecule has 9 heteroatoms. The number of aromatic carboxylic acids is 1. The molecule has 2 aromatic carbocycles. The summed E-state index contributed by atoms with van der Waals surface area (Å²) >= 11 is 1.19. The summed E-state index contributed by atoms with van der Waals surface area (Å²) in [7, 11) is 3.02. The molecule has 0 bridgehead atoms. The van der Waals surface area contributed by atoms with E-state index in [9.17, 15) is 19.5 Å². The van der Waals surface area contributed by atoms with E-state index in [4.69, 9.17) is 9.47 Å². The average molecular weight is 523 g/mol. The van der Waals surface area contributed by atoms with Gasteiger partial charge in [-0.2, -0.15) is 0 Å². The third-order valence-electron chi connectivity index (χ3n) is 6.44. The van der Waals surface area contributed by atoms with E-state index in [0.29, 0.717) is 41.2 Å². The van der Waals surface area contributed by atoms with Gasteiger partial charge in [-0.15, -0.1) is 11.3 Å². The van der Waals surface area contributed by atoms with Crippen LogP contribution in [0.2, 0.25) is 0 Å². The van der Waals surface area contributed by atoms with Crippen LogP contribution in [0.25, 0.3) is 0 Å². The Bertz CT molecular complexity index is 1350. The van der Waals surface area contributed by atoms with E-state index < -0.39 is 5.97 Å². The number of methoxy groups -OCH3 is 2. The van der Waals surface area contributed by atoms with Crippen LogP contribution in [0.15, 0.2) is 42.5 Å². The number of ether oxygens (including phenoxy) is 2. The molecule has 1 aliphatic heterocycles. The second-order valence-electron chi connectivity index (χ2n) is 9.84. The number of carbonyl (C=O) groups is 3. The van der Waals surface area contributed by atoms with Crippen molar-refractivity contribution in [3.05, 3.63) is 75.2 Å². The first-order valence-electron chi connectivity index (χ1n) is 11.8. The number of anilines is 1. The van der Waals surface area contributed by atoms with E-state index >= 15 is 0 Å². The van der Waals surface area contributed by atoms with Crippen LogP contribution < -0.4 is 14.8 Å². The Balaban J connectivity index is 1.59. The molecule has 3 aromatic rings. The lowest BCUT2D eigenvalue weighted by atomic mass is 9.87. The highest BCUT2D eigenvalue weighted by atomic mass is 32.1. The summed E-state index contributed by atoms with van der Waals surface area (Å²) in [6.45, 7) is 6.85. The lowest BCUT2D eigenvalue weighted by molar-refractivity contribution is 0.0696. The highest BCUT2D eigenvalue weighted by molar-refractivity contribution is 7.17. The normalized spacial score (nSPS) is 13.1. The molecule has 0 radical (unpaired) electrons. The van der Waals surface area contributed by atoms with Crippen molar-refractivity contribution in [3.8, 4) is 11.5 Å². The summed E-state index contributed by atoms with van der Waals surface area (Å²) in [5, 5.41) is 13.0. The lowest BCUT2D eigenvalue weighted by Crippen LogP contribution is -2.36. The van der Waals surface area contributed by atoms with E-state index in [1.54, 1.807) is 35.2 Å². The summed E-state index contributed by atoms with van der Waals surface area (Å²) in [4.78, 5) is 40.9. The van der Waals surface area contributed by atoms with Gasteiger partial charge in [0.25, 0.3) is 11.8 Å². The van der Waals surface area contributed by atoms with Crippen molar-refractivity contribution >= 4 is 34.1 Å². The minimum absolute atomic E-state index is 0.0451. The van der Waals surface area contributed by atoms with Crippen molar-refractivity contribution in [2.75, 3.05) is 26.1 Å². The second-order valence-corrected chi connectivity index (χ2v) is 10.9. The number of carbonyl (C=O) groups excluding carboxylic acids is 2. The van der Waals surface area contributed by atoms with E-state index in [0.717, 1.165) is 10.4 Å². The fourth-order valence-electron chi connectivity index (χ4n) is 4.34. The molecule has 2 heterocycles. The Labute approximate surface area is 219 Å². The summed E-state index contributed by atoms with van der Waals surface area (Å²) in [5.74, 6) is -0.761. The van der Waals surface area contributed by atoms with Crippen LogP contribution >= 0.6 is 11.3 Å². The average Bonchev–Trinajstić information content (AvgIpc) is 3.24. The molecule has 0 spiro atoms. The molecule has 1 aromatic heterocycles. The third-order valence-corrected chi connectivity index (χ3v) is 7.57. The van der Waals surface area contributed by atoms with Gasteiger partial charge in [-0.05, 0) is 53.3 Å². The Kier molecular flexibility index (Phi) is 7.27. The molecule has 0 fully saturated rings. The predicted octanol–water partition coefficient (Wildman–Crippen LogP) is 5.21. The number of hydrogen-bond donors (Lipinski definition) is 2. The molecular weight excluding hydrogens is 492 g/mol. The maximum atomic E-state index is 13.4. The molecule has 0 saturated heterocycles. The van der Waals surface area contributed by atoms with Crippen molar-refractivity contribution in [3.63, 3.8) is 0 Å². The molecule has 194 valence electrons. The molecule has 0 atom stereocenters. The Morgan fingerprint density at radius 3 is 2.32 bits per heavy atom. The summed E-state index contributed by atoms with van der Waals surface area (Å²) in [6, 6.07) is 12.3. The number of thiophene rings is 1. The second kappa shape index (κ2) is 10.3. The Hall–Kier alpha value is -3.85. The number of nitrogens with one attached hydrogen (secondary N) is 1. The molecule has 0 saturated carbocycles. The summed E-state index contributed by atoms with van der Waals surface area (Å²) in [6.07, 6.45) is 0.363. The number of fused-ring (bicyclic) bond motifs is 1. The van der Waals surface area contributed by atoms with Crippen molar-refractivity contribution in [1.82, 2.24) is 4.90 Å². The smallest absolute Gasteiger partial charge is 0.339 e. The summed E-state index contributed by atoms with van der Waals surface area (Å²) < 4.78 is 10.6. The fourth-order valence-corrected chi connectivity index (χ4v) is 5.59. The van der Waals surface area contributed by atoms with Crippen molar-refractivity contribution < 1.29 is 29.0 Å². The van der Waals surface area contributed by atoms with Gasteiger partial charge in [0.15, 0.2) is 0 Å². The van der Waals surface area contributed by atoms with Gasteiger partial charge in [0.2, 0.25) is 0 Å². The molecule has 8 nitrogen and oxygen atoms in total. The van der Waals surface area contributed by atoms with Crippen LogP contribution in [-0.4, -0.2) is 48.6 Å². The van der Waals surface area contributed by atoms with Gasteiger partial charge < -0.3 is 24.8 Å². The maximum Gasteiger partial charge on any atom is 0.339 e. The zero-order chi connectivity index (χ0) is 26.9. The standard InChI is InChI=1S/C28H30N2O6S/c1-28(2,3)17-8-6-16(7-9-17)24(31)29-25-23(27(33)34)19-12-13-30(15-22(19)37-25)26(32)20-14-18(35-4)10-11-21(20)36-5/h6-11,14H,12-13,15H2,1-5H3,(H,29,31)(H,33,34). The lowest BCUT2D eigenvalue weighted by Gasteiger charge is -2.27. The zero-order valence-corrected chi connectivity index (χ0v) is 22.3. The minimum atomic E-state index is -1.11. The number of carboxylic acids is 1. The first-order chi connectivity index (χ1) is 17.5. The number of nitrogens with zero attached hydrogens (tertiary/aromatic N) is 1. The van der Waals surface area contributed by atoms with Crippen LogP contribution in [-0.2, 0) is 18.4 Å². The topological polar surface area (TPSA) is 105 Å². The highest BCUT2D eigenvalue weighted by Crippen LogP contribution is 2.38. The molecule has 2 N–H and O–H groups in total. The highest BCUT2D eigenvalue weighted by Gasteiger charge is 2.31. The van der Waals surface area contributed by atoms with Crippen LogP contribution in [0.5, 0.6) is 11.5 Å². The summed E-state index contributed by atoms with van der Waals surface area (Å²) in [5.41, 5.74) is 2.60. The molecular formula is C28H30N2O6S. The number of amides is 2. The van der Waals surface area contributed by atoms with Crippen LogP contribution in [0.4, 0.5) is 5.00 Å². The first-order valence-corrected chi connectivity index (χ1v) is 12.7. The van der Waals surface area contributed by atoms with E-state index in [-0.39, 0.29) is 34.3 Å². The zero-order valence-electron chi connectivity index (χ0n) is 21.5. The number of benzene rings is 2. The minimum Gasteiger partial charge on any atom is -0.497 e. The number of hydrogen-bond acceptors (Lipinski definition) is 6. The van der Waals surface area contributed by atoms with Crippen LogP contribution in [0.1, 0.15) is 67.8 Å². The molecule has 0 unspecified atom stereocenters. The molecule has 0 aliphatic carbocycles.